The average Bonchev–Trinajstić information content (AvgIpc) is 3.42. The number of hydrazone groups is 1. The van der Waals surface area contributed by atoms with Gasteiger partial charge in [-0.15, -0.1) is 0 Å². The second-order valence-electron chi connectivity index (χ2n) is 7.74. The maximum absolute atomic E-state index is 13.7. The summed E-state index contributed by atoms with van der Waals surface area (Å²) in [5.41, 5.74) is 1.94. The lowest BCUT2D eigenvalue weighted by Crippen LogP contribution is -2.32. The summed E-state index contributed by atoms with van der Waals surface area (Å²) in [6.45, 7) is 1.85. The van der Waals surface area contributed by atoms with E-state index in [1.54, 1.807) is 24.3 Å². The molecule has 1 aliphatic heterocycles. The Balaban J connectivity index is 1.60. The van der Waals surface area contributed by atoms with Gasteiger partial charge in [-0.25, -0.2) is 0 Å². The van der Waals surface area contributed by atoms with Crippen LogP contribution in [0.25, 0.3) is 0 Å². The van der Waals surface area contributed by atoms with Crippen molar-refractivity contribution in [1.29, 1.82) is 0 Å². The molecule has 5 heteroatoms. The van der Waals surface area contributed by atoms with Crippen LogP contribution in [-0.4, -0.2) is 17.4 Å². The molecule has 0 bridgehead atoms. The zero-order chi connectivity index (χ0) is 20.9. The van der Waals surface area contributed by atoms with Gasteiger partial charge in [-0.2, -0.15) is 10.1 Å². The van der Waals surface area contributed by atoms with Crippen LogP contribution in [0.2, 0.25) is 5.02 Å². The second-order valence-corrected chi connectivity index (χ2v) is 8.18. The molecule has 1 saturated carbocycles. The number of anilines is 1. The number of rotatable bonds is 4. The van der Waals surface area contributed by atoms with Gasteiger partial charge in [0, 0.05) is 16.5 Å². The van der Waals surface area contributed by atoms with Gasteiger partial charge >= 0.3 is 0 Å². The Morgan fingerprint density at radius 1 is 0.933 bits per heavy atom. The Kier molecular flexibility index (Phi) is 4.33. The number of carbonyl (C=O) groups is 2. The number of ketones is 1. The highest BCUT2D eigenvalue weighted by atomic mass is 35.5. The normalized spacial score (nSPS) is 24.8. The SMILES string of the molecule is CC1=NN(c2ccccc2)C(=O)[C@]12[C@H](C(=O)c1ccccc1)[C@H]2c1ccc(Cl)cc1. The molecule has 1 fully saturated rings. The number of halogens is 1. The van der Waals surface area contributed by atoms with Gasteiger partial charge in [0.2, 0.25) is 0 Å². The molecule has 1 spiro atoms. The minimum atomic E-state index is -0.962. The summed E-state index contributed by atoms with van der Waals surface area (Å²) < 4.78 is 0. The minimum absolute atomic E-state index is 0.0339. The summed E-state index contributed by atoms with van der Waals surface area (Å²) in [4.78, 5) is 27.2. The van der Waals surface area contributed by atoms with Crippen LogP contribution in [0.4, 0.5) is 5.69 Å². The minimum Gasteiger partial charge on any atom is -0.294 e. The molecule has 3 aromatic carbocycles. The fourth-order valence-corrected chi connectivity index (χ4v) is 4.85. The van der Waals surface area contributed by atoms with Crippen molar-refractivity contribution >= 4 is 34.7 Å². The van der Waals surface area contributed by atoms with Gasteiger partial charge in [0.15, 0.2) is 5.78 Å². The zero-order valence-electron chi connectivity index (χ0n) is 16.3. The first-order valence-corrected chi connectivity index (χ1v) is 10.2. The molecule has 3 atom stereocenters. The van der Waals surface area contributed by atoms with Crippen molar-refractivity contribution in [3.63, 3.8) is 0 Å². The van der Waals surface area contributed by atoms with E-state index in [9.17, 15) is 9.59 Å². The summed E-state index contributed by atoms with van der Waals surface area (Å²) in [7, 11) is 0. The molecular formula is C25H19ClN2O2. The summed E-state index contributed by atoms with van der Waals surface area (Å²) in [6.07, 6.45) is 0. The Hall–Kier alpha value is -3.24. The average molecular weight is 415 g/mol. The first-order valence-electron chi connectivity index (χ1n) is 9.85. The molecule has 0 N–H and O–H groups in total. The van der Waals surface area contributed by atoms with Crippen LogP contribution in [-0.2, 0) is 4.79 Å². The number of nitrogens with zero attached hydrogens (tertiary/aromatic N) is 2. The lowest BCUT2D eigenvalue weighted by molar-refractivity contribution is -0.121. The number of para-hydroxylation sites is 1. The fraction of sp³-hybridized carbons (Fsp3) is 0.160. The zero-order valence-corrected chi connectivity index (χ0v) is 17.1. The van der Waals surface area contributed by atoms with Crippen LogP contribution >= 0.6 is 11.6 Å². The molecule has 0 saturated heterocycles. The molecule has 0 unspecified atom stereocenters. The quantitative estimate of drug-likeness (QED) is 0.540. The molecule has 1 aliphatic carbocycles. The molecule has 30 heavy (non-hydrogen) atoms. The third-order valence-corrected chi connectivity index (χ3v) is 6.42. The number of hydrogen-bond donors (Lipinski definition) is 0. The smallest absolute Gasteiger partial charge is 0.260 e. The standard InChI is InChI=1S/C25H19ClN2O2/c1-16-25(24(30)28(27-16)20-10-6-3-7-11-20)21(17-12-14-19(26)15-13-17)22(25)23(29)18-8-4-2-5-9-18/h2-15,21-22H,1H3/t21-,22+,25-/m1/s1. The lowest BCUT2D eigenvalue weighted by Gasteiger charge is -2.15. The Morgan fingerprint density at radius 2 is 1.53 bits per heavy atom. The topological polar surface area (TPSA) is 49.7 Å². The summed E-state index contributed by atoms with van der Waals surface area (Å²) in [5, 5.41) is 6.66. The maximum atomic E-state index is 13.7. The van der Waals surface area contributed by atoms with E-state index in [-0.39, 0.29) is 17.6 Å². The third-order valence-electron chi connectivity index (χ3n) is 6.17. The molecule has 2 aliphatic rings. The second kappa shape index (κ2) is 6.92. The van der Waals surface area contributed by atoms with Crippen LogP contribution < -0.4 is 5.01 Å². The Morgan fingerprint density at radius 3 is 2.17 bits per heavy atom. The summed E-state index contributed by atoms with van der Waals surface area (Å²) in [5.74, 6) is -0.952. The molecule has 0 aromatic heterocycles. The molecule has 5 rings (SSSR count). The maximum Gasteiger partial charge on any atom is 0.260 e. The van der Waals surface area contributed by atoms with Crippen molar-refractivity contribution in [3.05, 3.63) is 101 Å². The molecular weight excluding hydrogens is 396 g/mol. The predicted octanol–water partition coefficient (Wildman–Crippen LogP) is 5.35. The van der Waals surface area contributed by atoms with Gasteiger partial charge in [0.05, 0.1) is 17.3 Å². The lowest BCUT2D eigenvalue weighted by atomic mass is 9.92. The highest BCUT2D eigenvalue weighted by molar-refractivity contribution is 6.30. The van der Waals surface area contributed by atoms with E-state index in [1.165, 1.54) is 5.01 Å². The molecule has 3 aromatic rings. The number of Topliss-reactive ketones (excluding diaryl/α,β-unsaturated/α-hetero) is 1. The van der Waals surface area contributed by atoms with E-state index in [0.29, 0.717) is 22.0 Å². The van der Waals surface area contributed by atoms with Gasteiger partial charge in [-0.05, 0) is 36.8 Å². The van der Waals surface area contributed by atoms with Crippen molar-refractivity contribution in [2.45, 2.75) is 12.8 Å². The largest absolute Gasteiger partial charge is 0.294 e. The van der Waals surface area contributed by atoms with Crippen LogP contribution in [0.15, 0.2) is 90.0 Å². The van der Waals surface area contributed by atoms with E-state index < -0.39 is 11.3 Å². The fourth-order valence-electron chi connectivity index (χ4n) is 4.72. The third kappa shape index (κ3) is 2.64. The molecule has 1 amide bonds. The number of amides is 1. The van der Waals surface area contributed by atoms with Crippen molar-refractivity contribution < 1.29 is 9.59 Å². The van der Waals surface area contributed by atoms with Crippen molar-refractivity contribution in [1.82, 2.24) is 0 Å². The number of hydrogen-bond acceptors (Lipinski definition) is 3. The van der Waals surface area contributed by atoms with Gasteiger partial charge < -0.3 is 0 Å². The van der Waals surface area contributed by atoms with Gasteiger partial charge in [-0.1, -0.05) is 72.3 Å². The van der Waals surface area contributed by atoms with E-state index in [1.807, 2.05) is 67.6 Å². The van der Waals surface area contributed by atoms with Crippen LogP contribution in [0.1, 0.15) is 28.8 Å². The number of benzene rings is 3. The van der Waals surface area contributed by atoms with Crippen LogP contribution in [0, 0.1) is 11.3 Å². The van der Waals surface area contributed by atoms with E-state index in [4.69, 9.17) is 11.6 Å². The Labute approximate surface area is 179 Å². The van der Waals surface area contributed by atoms with Gasteiger partial charge in [0.1, 0.15) is 5.41 Å². The predicted molar refractivity (Wildman–Crippen MR) is 118 cm³/mol. The highest BCUT2D eigenvalue weighted by Gasteiger charge is 2.77. The van der Waals surface area contributed by atoms with E-state index in [0.717, 1.165) is 5.56 Å². The summed E-state index contributed by atoms with van der Waals surface area (Å²) in [6, 6.07) is 25.9. The monoisotopic (exact) mass is 414 g/mol. The summed E-state index contributed by atoms with van der Waals surface area (Å²) >= 11 is 6.08. The van der Waals surface area contributed by atoms with Gasteiger partial charge in [0.25, 0.3) is 5.91 Å². The molecule has 1 heterocycles. The molecule has 148 valence electrons. The van der Waals surface area contributed by atoms with Crippen LogP contribution in [0.3, 0.4) is 0 Å². The van der Waals surface area contributed by atoms with E-state index in [2.05, 4.69) is 5.10 Å². The first kappa shape index (κ1) is 18.8. The van der Waals surface area contributed by atoms with Crippen LogP contribution in [0.5, 0.6) is 0 Å². The van der Waals surface area contributed by atoms with Gasteiger partial charge in [-0.3, -0.25) is 9.59 Å². The first-order chi connectivity index (χ1) is 14.5. The van der Waals surface area contributed by atoms with Crippen molar-refractivity contribution in [2.75, 3.05) is 5.01 Å². The highest BCUT2D eigenvalue weighted by Crippen LogP contribution is 2.69. The van der Waals surface area contributed by atoms with Crippen molar-refractivity contribution in [2.24, 2.45) is 16.4 Å². The molecule has 4 nitrogen and oxygen atoms in total. The number of carbonyl (C=O) groups excluding carboxylic acids is 2. The van der Waals surface area contributed by atoms with E-state index >= 15 is 0 Å². The molecule has 0 radical (unpaired) electrons. The van der Waals surface area contributed by atoms with Crippen molar-refractivity contribution in [3.8, 4) is 0 Å². The Bertz CT molecular complexity index is 1160.